The van der Waals surface area contributed by atoms with Gasteiger partial charge < -0.3 is 14.9 Å². The fourth-order valence-corrected chi connectivity index (χ4v) is 2.20. The molecule has 2 rings (SSSR count). The van der Waals surface area contributed by atoms with E-state index in [2.05, 4.69) is 26.4 Å². The van der Waals surface area contributed by atoms with Gasteiger partial charge in [0.1, 0.15) is 24.4 Å². The van der Waals surface area contributed by atoms with Crippen molar-refractivity contribution in [3.8, 4) is 11.5 Å². The highest BCUT2D eigenvalue weighted by molar-refractivity contribution is 9.10. The molecule has 1 N–H and O–H groups in total. The molecule has 0 saturated heterocycles. The summed E-state index contributed by atoms with van der Waals surface area (Å²) < 4.78 is 19.3. The first kappa shape index (κ1) is 17.0. The molecule has 2 aromatic carbocycles. The maximum atomic E-state index is 13.3. The second kappa shape index (κ2) is 7.73. The molecule has 0 saturated carbocycles. The molecule has 5 nitrogen and oxygen atoms in total. The van der Waals surface area contributed by atoms with E-state index < -0.39 is 11.7 Å². The largest absolute Gasteiger partial charge is 0.457 e. The Kier molecular flexibility index (Phi) is 5.70. The molecule has 7 heteroatoms. The van der Waals surface area contributed by atoms with Crippen LogP contribution in [-0.2, 0) is 9.63 Å². The van der Waals surface area contributed by atoms with Gasteiger partial charge in [-0.2, -0.15) is 0 Å². The maximum Gasteiger partial charge on any atom is 0.273 e. The van der Waals surface area contributed by atoms with E-state index in [0.29, 0.717) is 17.1 Å². The van der Waals surface area contributed by atoms with Crippen LogP contribution in [0.4, 0.5) is 4.39 Å². The lowest BCUT2D eigenvalue weighted by atomic mass is 10.1. The number of nitrogens with one attached hydrogen (secondary N) is 1. The van der Waals surface area contributed by atoms with E-state index in [0.717, 1.165) is 0 Å². The predicted molar refractivity (Wildman–Crippen MR) is 88.2 cm³/mol. The third-order valence-corrected chi connectivity index (χ3v) is 3.49. The summed E-state index contributed by atoms with van der Waals surface area (Å²) in [6.07, 6.45) is 0. The molecule has 23 heavy (non-hydrogen) atoms. The van der Waals surface area contributed by atoms with E-state index in [1.165, 1.54) is 32.4 Å². The van der Waals surface area contributed by atoms with Crippen LogP contribution in [0.2, 0.25) is 0 Å². The number of hydrogen-bond acceptors (Lipinski definition) is 4. The van der Waals surface area contributed by atoms with Crippen molar-refractivity contribution < 1.29 is 18.8 Å². The number of benzene rings is 2. The molecular formula is C16H14BrFN2O3. The molecule has 0 spiro atoms. The second-order valence-electron chi connectivity index (χ2n) is 4.38. The zero-order chi connectivity index (χ0) is 16.8. The minimum absolute atomic E-state index is 0.0757. The van der Waals surface area contributed by atoms with Gasteiger partial charge >= 0.3 is 0 Å². The average Bonchev–Trinajstić information content (AvgIpc) is 2.56. The van der Waals surface area contributed by atoms with Gasteiger partial charge in [0.05, 0.1) is 10.0 Å². The normalized spacial score (nSPS) is 11.0. The Bertz CT molecular complexity index is 750. The van der Waals surface area contributed by atoms with Crippen molar-refractivity contribution >= 4 is 27.5 Å². The molecule has 0 aliphatic heterocycles. The first-order valence-electron chi connectivity index (χ1n) is 6.62. The van der Waals surface area contributed by atoms with E-state index in [1.807, 2.05) is 0 Å². The number of carbonyl (C=O) groups is 1. The second-order valence-corrected chi connectivity index (χ2v) is 5.23. The summed E-state index contributed by atoms with van der Waals surface area (Å²) in [4.78, 5) is 16.7. The van der Waals surface area contributed by atoms with Crippen molar-refractivity contribution in [2.75, 3.05) is 14.2 Å². The highest BCUT2D eigenvalue weighted by atomic mass is 79.9. The van der Waals surface area contributed by atoms with Gasteiger partial charge in [0, 0.05) is 7.05 Å². The Morgan fingerprint density at radius 2 is 2.00 bits per heavy atom. The molecule has 0 heterocycles. The first-order valence-corrected chi connectivity index (χ1v) is 7.41. The fourth-order valence-electron chi connectivity index (χ4n) is 1.84. The summed E-state index contributed by atoms with van der Waals surface area (Å²) in [5.41, 5.74) is 0.529. The zero-order valence-electron chi connectivity index (χ0n) is 12.5. The van der Waals surface area contributed by atoms with Gasteiger partial charge in [-0.1, -0.05) is 17.3 Å². The number of oxime groups is 1. The average molecular weight is 381 g/mol. The van der Waals surface area contributed by atoms with Crippen LogP contribution in [0.3, 0.4) is 0 Å². The number of hydrogen-bond donors (Lipinski definition) is 1. The van der Waals surface area contributed by atoms with Gasteiger partial charge in [-0.15, -0.1) is 0 Å². The SMILES string of the molecule is CNC(=O)/C(=N\OC)c1ccccc1Oc1ccc(F)c(Br)c1. The quantitative estimate of drug-likeness (QED) is 0.637. The van der Waals surface area contributed by atoms with Crippen LogP contribution in [0.15, 0.2) is 52.1 Å². The van der Waals surface area contributed by atoms with E-state index in [1.54, 1.807) is 24.3 Å². The standard InChI is InChI=1S/C16H14BrFN2O3/c1-19-16(21)15(20-22-2)11-5-3-4-6-14(11)23-10-7-8-13(18)12(17)9-10/h3-9H,1-2H3,(H,19,21)/b20-15-. The number of ether oxygens (including phenoxy) is 1. The number of likely N-dealkylation sites (N-methyl/N-ethyl adjacent to an activating group) is 1. The van der Waals surface area contributed by atoms with E-state index in [-0.39, 0.29) is 10.2 Å². The monoisotopic (exact) mass is 380 g/mol. The molecule has 120 valence electrons. The molecule has 0 aliphatic rings. The Morgan fingerprint density at radius 3 is 2.65 bits per heavy atom. The molecule has 0 unspecified atom stereocenters. The number of para-hydroxylation sites is 1. The van der Waals surface area contributed by atoms with Crippen molar-refractivity contribution in [3.63, 3.8) is 0 Å². The number of rotatable bonds is 5. The van der Waals surface area contributed by atoms with E-state index in [4.69, 9.17) is 9.57 Å². The topological polar surface area (TPSA) is 59.9 Å². The molecule has 0 fully saturated rings. The Morgan fingerprint density at radius 1 is 1.26 bits per heavy atom. The van der Waals surface area contributed by atoms with Gasteiger partial charge in [-0.3, -0.25) is 4.79 Å². The molecule has 0 atom stereocenters. The van der Waals surface area contributed by atoms with Crippen LogP contribution < -0.4 is 10.1 Å². The van der Waals surface area contributed by atoms with E-state index >= 15 is 0 Å². The molecule has 2 aromatic rings. The summed E-state index contributed by atoms with van der Waals surface area (Å²) in [5.74, 6) is 0.00521. The van der Waals surface area contributed by atoms with Crippen molar-refractivity contribution in [2.24, 2.45) is 5.16 Å². The first-order chi connectivity index (χ1) is 11.1. The lowest BCUT2D eigenvalue weighted by molar-refractivity contribution is -0.114. The van der Waals surface area contributed by atoms with Crippen LogP contribution in [0, 0.1) is 5.82 Å². The third kappa shape index (κ3) is 4.07. The molecule has 0 bridgehead atoms. The number of nitrogens with zero attached hydrogens (tertiary/aromatic N) is 1. The Hall–Kier alpha value is -2.41. The summed E-state index contributed by atoms with van der Waals surface area (Å²) in [7, 11) is 2.84. The molecule has 0 aliphatic carbocycles. The summed E-state index contributed by atoms with van der Waals surface area (Å²) in [5, 5.41) is 6.25. The molecule has 1 amide bonds. The van der Waals surface area contributed by atoms with Gasteiger partial charge in [0.15, 0.2) is 5.71 Å². The van der Waals surface area contributed by atoms with Crippen LogP contribution in [-0.4, -0.2) is 25.8 Å². The molecular weight excluding hydrogens is 367 g/mol. The van der Waals surface area contributed by atoms with Gasteiger partial charge in [0.2, 0.25) is 0 Å². The molecule has 0 aromatic heterocycles. The van der Waals surface area contributed by atoms with Gasteiger partial charge in [0.25, 0.3) is 5.91 Å². The Balaban J connectivity index is 2.42. The minimum Gasteiger partial charge on any atom is -0.457 e. The lowest BCUT2D eigenvalue weighted by Crippen LogP contribution is -2.28. The fraction of sp³-hybridized carbons (Fsp3) is 0.125. The third-order valence-electron chi connectivity index (χ3n) is 2.89. The number of amides is 1. The van der Waals surface area contributed by atoms with Crippen molar-refractivity contribution in [2.45, 2.75) is 0 Å². The summed E-state index contributed by atoms with van der Waals surface area (Å²) in [6, 6.07) is 11.1. The van der Waals surface area contributed by atoms with Crippen molar-refractivity contribution in [3.05, 3.63) is 58.3 Å². The van der Waals surface area contributed by atoms with Gasteiger partial charge in [-0.25, -0.2) is 4.39 Å². The summed E-state index contributed by atoms with van der Waals surface area (Å²) in [6.45, 7) is 0. The van der Waals surface area contributed by atoms with Crippen LogP contribution >= 0.6 is 15.9 Å². The van der Waals surface area contributed by atoms with Crippen molar-refractivity contribution in [1.29, 1.82) is 0 Å². The van der Waals surface area contributed by atoms with E-state index in [9.17, 15) is 9.18 Å². The van der Waals surface area contributed by atoms with Gasteiger partial charge in [-0.05, 0) is 46.3 Å². The predicted octanol–water partition coefficient (Wildman–Crippen LogP) is 3.48. The Labute approximate surface area is 141 Å². The van der Waals surface area contributed by atoms with Crippen LogP contribution in [0.1, 0.15) is 5.56 Å². The number of halogens is 2. The van der Waals surface area contributed by atoms with Crippen LogP contribution in [0.25, 0.3) is 0 Å². The maximum absolute atomic E-state index is 13.3. The highest BCUT2D eigenvalue weighted by Gasteiger charge is 2.18. The lowest BCUT2D eigenvalue weighted by Gasteiger charge is -2.12. The van der Waals surface area contributed by atoms with Crippen LogP contribution in [0.5, 0.6) is 11.5 Å². The van der Waals surface area contributed by atoms with Crippen molar-refractivity contribution in [1.82, 2.24) is 5.32 Å². The number of carbonyl (C=O) groups excluding carboxylic acids is 1. The minimum atomic E-state index is -0.414. The molecule has 0 radical (unpaired) electrons. The zero-order valence-corrected chi connectivity index (χ0v) is 14.1. The highest BCUT2D eigenvalue weighted by Crippen LogP contribution is 2.29. The summed E-state index contributed by atoms with van der Waals surface area (Å²) >= 11 is 3.10. The smallest absolute Gasteiger partial charge is 0.273 e.